The van der Waals surface area contributed by atoms with E-state index in [2.05, 4.69) is 5.32 Å². The smallest absolute Gasteiger partial charge is 0.288 e. The molecule has 0 spiro atoms. The number of rotatable bonds is 4. The first-order valence-electron chi connectivity index (χ1n) is 9.63. The zero-order chi connectivity index (χ0) is 21.3. The molecule has 0 saturated heterocycles. The predicted molar refractivity (Wildman–Crippen MR) is 118 cm³/mol. The molecule has 0 aromatic heterocycles. The molecule has 0 aliphatic carbocycles. The number of benzene rings is 3. The number of anilines is 2. The largest absolute Gasteiger partial charge is 0.378 e. The third-order valence-electron chi connectivity index (χ3n) is 5.31. The van der Waals surface area contributed by atoms with Crippen molar-refractivity contribution in [2.45, 2.75) is 25.4 Å². The van der Waals surface area contributed by atoms with Crippen molar-refractivity contribution in [3.8, 4) is 0 Å². The van der Waals surface area contributed by atoms with Crippen LogP contribution in [0.25, 0.3) is 0 Å². The first kappa shape index (κ1) is 19.9. The Balaban J connectivity index is 1.70. The minimum absolute atomic E-state index is 0.00997. The first-order chi connectivity index (χ1) is 14.5. The van der Waals surface area contributed by atoms with Crippen LogP contribution in [0.5, 0.6) is 0 Å². The molecule has 7 heteroatoms. The SMILES string of the molecule is CC1CC(Nc2ccccc2)c2ccccc2N1C(=O)c1ccc(Cl)c([N+](=O)[O-])c1. The van der Waals surface area contributed by atoms with Crippen molar-refractivity contribution in [2.24, 2.45) is 0 Å². The van der Waals surface area contributed by atoms with E-state index >= 15 is 0 Å². The van der Waals surface area contributed by atoms with Crippen molar-refractivity contribution in [1.29, 1.82) is 0 Å². The molecule has 6 nitrogen and oxygen atoms in total. The molecule has 1 amide bonds. The predicted octanol–water partition coefficient (Wildman–Crippen LogP) is 5.84. The second kappa shape index (κ2) is 8.16. The molecule has 3 aromatic carbocycles. The Morgan fingerprint density at radius 3 is 2.53 bits per heavy atom. The standard InChI is InChI=1S/C23H20ClN3O3/c1-15-13-20(25-17-7-3-2-4-8-17)18-9-5-6-10-21(18)26(15)23(28)16-11-12-19(24)22(14-16)27(29)30/h2-12,14-15,20,25H,13H2,1H3. The Labute approximate surface area is 179 Å². The number of amides is 1. The second-order valence-corrected chi connectivity index (χ2v) is 7.71. The molecular formula is C23H20ClN3O3. The van der Waals surface area contributed by atoms with Crippen LogP contribution in [0.4, 0.5) is 17.1 Å². The van der Waals surface area contributed by atoms with Gasteiger partial charge in [-0.1, -0.05) is 48.0 Å². The summed E-state index contributed by atoms with van der Waals surface area (Å²) in [6.45, 7) is 1.98. The highest BCUT2D eigenvalue weighted by Crippen LogP contribution is 2.40. The third kappa shape index (κ3) is 3.74. The maximum Gasteiger partial charge on any atom is 0.288 e. The third-order valence-corrected chi connectivity index (χ3v) is 5.63. The van der Waals surface area contributed by atoms with Crippen molar-refractivity contribution < 1.29 is 9.72 Å². The van der Waals surface area contributed by atoms with Gasteiger partial charge in [-0.3, -0.25) is 14.9 Å². The van der Waals surface area contributed by atoms with Gasteiger partial charge < -0.3 is 10.2 Å². The van der Waals surface area contributed by atoms with Gasteiger partial charge in [-0.25, -0.2) is 0 Å². The van der Waals surface area contributed by atoms with Crippen molar-refractivity contribution in [3.05, 3.63) is 99.1 Å². The van der Waals surface area contributed by atoms with E-state index in [9.17, 15) is 14.9 Å². The summed E-state index contributed by atoms with van der Waals surface area (Å²) in [7, 11) is 0. The Morgan fingerprint density at radius 1 is 1.10 bits per heavy atom. The molecule has 3 aromatic rings. The molecule has 0 bridgehead atoms. The van der Waals surface area contributed by atoms with Crippen LogP contribution in [0.15, 0.2) is 72.8 Å². The van der Waals surface area contributed by atoms with E-state index in [1.165, 1.54) is 18.2 Å². The lowest BCUT2D eigenvalue weighted by atomic mass is 9.90. The summed E-state index contributed by atoms with van der Waals surface area (Å²) in [5.74, 6) is -0.284. The van der Waals surface area contributed by atoms with Crippen molar-refractivity contribution in [3.63, 3.8) is 0 Å². The molecule has 4 rings (SSSR count). The van der Waals surface area contributed by atoms with Crippen LogP contribution in [-0.4, -0.2) is 16.9 Å². The van der Waals surface area contributed by atoms with E-state index in [-0.39, 0.29) is 34.3 Å². The Hall–Kier alpha value is -3.38. The van der Waals surface area contributed by atoms with Gasteiger partial charge in [0.05, 0.1) is 11.0 Å². The average molecular weight is 422 g/mol. The van der Waals surface area contributed by atoms with E-state index in [1.807, 2.05) is 61.5 Å². The summed E-state index contributed by atoms with van der Waals surface area (Å²) in [5.41, 5.74) is 2.78. The van der Waals surface area contributed by atoms with Gasteiger partial charge in [0.25, 0.3) is 11.6 Å². The van der Waals surface area contributed by atoms with Crippen molar-refractivity contribution >= 4 is 34.6 Å². The first-order valence-corrected chi connectivity index (χ1v) is 10.0. The lowest BCUT2D eigenvalue weighted by Crippen LogP contribution is -2.44. The highest BCUT2D eigenvalue weighted by atomic mass is 35.5. The number of carbonyl (C=O) groups excluding carboxylic acids is 1. The summed E-state index contributed by atoms with van der Waals surface area (Å²) in [6, 6.07) is 21.8. The molecule has 1 N–H and O–H groups in total. The highest BCUT2D eigenvalue weighted by Gasteiger charge is 2.34. The Kier molecular flexibility index (Phi) is 5.42. The van der Waals surface area contributed by atoms with Gasteiger partial charge in [0.2, 0.25) is 0 Å². The van der Waals surface area contributed by atoms with Gasteiger partial charge in [0, 0.05) is 29.0 Å². The molecule has 1 aliphatic rings. The van der Waals surface area contributed by atoms with Crippen LogP contribution < -0.4 is 10.2 Å². The normalized spacial score (nSPS) is 17.9. The molecule has 152 valence electrons. The van der Waals surface area contributed by atoms with Gasteiger partial charge in [0.1, 0.15) is 5.02 Å². The fourth-order valence-electron chi connectivity index (χ4n) is 3.92. The zero-order valence-corrected chi connectivity index (χ0v) is 17.0. The van der Waals surface area contributed by atoms with Crippen LogP contribution >= 0.6 is 11.6 Å². The van der Waals surface area contributed by atoms with E-state index in [0.717, 1.165) is 16.9 Å². The van der Waals surface area contributed by atoms with Crippen LogP contribution in [0, 0.1) is 10.1 Å². The highest BCUT2D eigenvalue weighted by molar-refractivity contribution is 6.32. The maximum atomic E-state index is 13.4. The number of fused-ring (bicyclic) bond motifs is 1. The van der Waals surface area contributed by atoms with Crippen molar-refractivity contribution in [2.75, 3.05) is 10.2 Å². The van der Waals surface area contributed by atoms with Crippen LogP contribution in [0.1, 0.15) is 35.3 Å². The van der Waals surface area contributed by atoms with E-state index < -0.39 is 4.92 Å². The lowest BCUT2D eigenvalue weighted by Gasteiger charge is -2.40. The minimum Gasteiger partial charge on any atom is -0.378 e. The number of nitro groups is 1. The summed E-state index contributed by atoms with van der Waals surface area (Å²) in [6.07, 6.45) is 0.702. The van der Waals surface area contributed by atoms with Gasteiger partial charge in [0.15, 0.2) is 0 Å². The van der Waals surface area contributed by atoms with E-state index in [1.54, 1.807) is 4.90 Å². The topological polar surface area (TPSA) is 75.5 Å². The maximum absolute atomic E-state index is 13.4. The van der Waals surface area contributed by atoms with Gasteiger partial charge >= 0.3 is 0 Å². The van der Waals surface area contributed by atoms with Gasteiger partial charge in [-0.05, 0) is 49.2 Å². The van der Waals surface area contributed by atoms with Crippen molar-refractivity contribution in [1.82, 2.24) is 0 Å². The van der Waals surface area contributed by atoms with Gasteiger partial charge in [-0.15, -0.1) is 0 Å². The minimum atomic E-state index is -0.577. The average Bonchev–Trinajstić information content (AvgIpc) is 2.74. The molecule has 2 atom stereocenters. The number of hydrogen-bond donors (Lipinski definition) is 1. The fraction of sp³-hybridized carbons (Fsp3) is 0.174. The summed E-state index contributed by atoms with van der Waals surface area (Å²) >= 11 is 5.91. The van der Waals surface area contributed by atoms with E-state index in [0.29, 0.717) is 6.42 Å². The summed E-state index contributed by atoms with van der Waals surface area (Å²) in [5, 5.41) is 14.8. The quantitative estimate of drug-likeness (QED) is 0.424. The fourth-order valence-corrected chi connectivity index (χ4v) is 4.11. The molecule has 0 fully saturated rings. The second-order valence-electron chi connectivity index (χ2n) is 7.30. The summed E-state index contributed by atoms with van der Waals surface area (Å²) in [4.78, 5) is 25.7. The summed E-state index contributed by atoms with van der Waals surface area (Å²) < 4.78 is 0. The number of halogens is 1. The molecule has 1 aliphatic heterocycles. The molecule has 1 heterocycles. The zero-order valence-electron chi connectivity index (χ0n) is 16.3. The molecule has 2 unspecified atom stereocenters. The molecular weight excluding hydrogens is 402 g/mol. The number of nitrogens with one attached hydrogen (secondary N) is 1. The van der Waals surface area contributed by atoms with Crippen LogP contribution in [0.3, 0.4) is 0 Å². The number of hydrogen-bond acceptors (Lipinski definition) is 4. The number of para-hydroxylation sites is 2. The monoisotopic (exact) mass is 421 g/mol. The van der Waals surface area contributed by atoms with E-state index in [4.69, 9.17) is 11.6 Å². The van der Waals surface area contributed by atoms with Gasteiger partial charge in [-0.2, -0.15) is 0 Å². The molecule has 0 radical (unpaired) electrons. The lowest BCUT2D eigenvalue weighted by molar-refractivity contribution is -0.384. The van der Waals surface area contributed by atoms with Crippen LogP contribution in [0.2, 0.25) is 5.02 Å². The molecule has 30 heavy (non-hydrogen) atoms. The number of nitro benzene ring substituents is 1. The van der Waals surface area contributed by atoms with Crippen LogP contribution in [-0.2, 0) is 0 Å². The Morgan fingerprint density at radius 2 is 1.80 bits per heavy atom. The number of carbonyl (C=O) groups is 1. The number of nitrogens with zero attached hydrogens (tertiary/aromatic N) is 2. The Bertz CT molecular complexity index is 1100. The molecule has 0 saturated carbocycles.